The van der Waals surface area contributed by atoms with E-state index < -0.39 is 11.9 Å². The van der Waals surface area contributed by atoms with E-state index in [1.165, 1.54) is 0 Å². The molecule has 2 fully saturated rings. The summed E-state index contributed by atoms with van der Waals surface area (Å²) in [5.74, 6) is -0.138. The second kappa shape index (κ2) is 7.86. The number of fused-ring (bicyclic) bond motifs is 1. The molecule has 146 valence electrons. The first-order valence-corrected chi connectivity index (χ1v) is 9.23. The molecular weight excluding hydrogens is 370 g/mol. The van der Waals surface area contributed by atoms with Gasteiger partial charge in [-0.05, 0) is 49.4 Å². The number of halogens is 1. The van der Waals surface area contributed by atoms with E-state index in [0.29, 0.717) is 24.3 Å². The first-order chi connectivity index (χ1) is 12.5. The highest BCUT2D eigenvalue weighted by molar-refractivity contribution is 6.05. The molecule has 4 rings (SSSR count). The Morgan fingerprint density at radius 1 is 1.11 bits per heavy atom. The molecule has 27 heavy (non-hydrogen) atoms. The number of carbonyl (C=O) groups is 3. The summed E-state index contributed by atoms with van der Waals surface area (Å²) in [7, 11) is 0. The maximum atomic E-state index is 12.7. The van der Waals surface area contributed by atoms with Crippen molar-refractivity contribution in [1.82, 2.24) is 10.2 Å². The van der Waals surface area contributed by atoms with Gasteiger partial charge in [0.2, 0.25) is 11.8 Å². The standard InChI is InChI=1S/C19H23N3O4.ClH/c20-14-3-1-2-4-16(14)26-12-5-6-13-11(9-12)10-22(19(13)25)15-7-8-17(23)21-18(15)24;/h5-6,9,14-16H,1-4,7-8,10,20H2,(H,21,23,24);1H/t14-,15?,16+;/m0./s1. The highest BCUT2D eigenvalue weighted by Gasteiger charge is 2.39. The summed E-state index contributed by atoms with van der Waals surface area (Å²) in [6, 6.07) is 4.88. The van der Waals surface area contributed by atoms with Crippen LogP contribution in [0.2, 0.25) is 0 Å². The van der Waals surface area contributed by atoms with Crippen LogP contribution in [0.15, 0.2) is 18.2 Å². The number of imide groups is 1. The summed E-state index contributed by atoms with van der Waals surface area (Å²) in [6.07, 6.45) is 4.79. The van der Waals surface area contributed by atoms with Gasteiger partial charge in [-0.25, -0.2) is 0 Å². The Hall–Kier alpha value is -2.12. The molecule has 1 aromatic carbocycles. The third kappa shape index (κ3) is 3.80. The zero-order chi connectivity index (χ0) is 18.3. The molecular formula is C19H24ClN3O4. The number of rotatable bonds is 3. The fraction of sp³-hybridized carbons (Fsp3) is 0.526. The Balaban J connectivity index is 0.00000210. The lowest BCUT2D eigenvalue weighted by molar-refractivity contribution is -0.136. The van der Waals surface area contributed by atoms with Gasteiger partial charge >= 0.3 is 0 Å². The number of hydrogen-bond donors (Lipinski definition) is 2. The Bertz CT molecular complexity index is 769. The van der Waals surface area contributed by atoms with E-state index >= 15 is 0 Å². The van der Waals surface area contributed by atoms with E-state index in [-0.39, 0.29) is 42.8 Å². The Morgan fingerprint density at radius 2 is 1.89 bits per heavy atom. The van der Waals surface area contributed by atoms with Crippen molar-refractivity contribution in [3.63, 3.8) is 0 Å². The van der Waals surface area contributed by atoms with Gasteiger partial charge in [-0.1, -0.05) is 6.42 Å². The average Bonchev–Trinajstić information content (AvgIpc) is 2.93. The van der Waals surface area contributed by atoms with Crippen LogP contribution in [-0.4, -0.2) is 40.8 Å². The van der Waals surface area contributed by atoms with Crippen molar-refractivity contribution < 1.29 is 19.1 Å². The van der Waals surface area contributed by atoms with E-state index in [9.17, 15) is 14.4 Å². The summed E-state index contributed by atoms with van der Waals surface area (Å²) >= 11 is 0. The zero-order valence-corrected chi connectivity index (χ0v) is 15.8. The number of nitrogens with one attached hydrogen (secondary N) is 1. The molecule has 1 aromatic rings. The van der Waals surface area contributed by atoms with Gasteiger partial charge < -0.3 is 15.4 Å². The van der Waals surface area contributed by atoms with E-state index in [2.05, 4.69) is 5.32 Å². The molecule has 1 aliphatic carbocycles. The number of ether oxygens (including phenoxy) is 1. The Labute approximate surface area is 164 Å². The van der Waals surface area contributed by atoms with Crippen molar-refractivity contribution in [1.29, 1.82) is 0 Å². The summed E-state index contributed by atoms with van der Waals surface area (Å²) in [5, 5.41) is 2.31. The minimum Gasteiger partial charge on any atom is -0.489 e. The second-order valence-electron chi connectivity index (χ2n) is 7.32. The largest absolute Gasteiger partial charge is 0.489 e. The third-order valence-electron chi connectivity index (χ3n) is 5.54. The van der Waals surface area contributed by atoms with Crippen molar-refractivity contribution in [3.05, 3.63) is 29.3 Å². The molecule has 8 heteroatoms. The fourth-order valence-corrected chi connectivity index (χ4v) is 4.07. The monoisotopic (exact) mass is 393 g/mol. The highest BCUT2D eigenvalue weighted by atomic mass is 35.5. The lowest BCUT2D eigenvalue weighted by Crippen LogP contribution is -2.52. The van der Waals surface area contributed by atoms with Crippen LogP contribution >= 0.6 is 12.4 Å². The minimum absolute atomic E-state index is 0. The number of nitrogens with two attached hydrogens (primary N) is 1. The summed E-state index contributed by atoms with van der Waals surface area (Å²) in [4.78, 5) is 37.6. The molecule has 7 nitrogen and oxygen atoms in total. The van der Waals surface area contributed by atoms with Crippen LogP contribution < -0.4 is 15.8 Å². The van der Waals surface area contributed by atoms with Gasteiger partial charge in [0, 0.05) is 24.6 Å². The van der Waals surface area contributed by atoms with Crippen molar-refractivity contribution in [2.24, 2.45) is 5.73 Å². The minimum atomic E-state index is -0.594. The smallest absolute Gasteiger partial charge is 0.255 e. The van der Waals surface area contributed by atoms with E-state index in [1.807, 2.05) is 6.07 Å². The number of carbonyl (C=O) groups excluding carboxylic acids is 3. The van der Waals surface area contributed by atoms with Gasteiger partial charge in [-0.2, -0.15) is 0 Å². The summed E-state index contributed by atoms with van der Waals surface area (Å²) < 4.78 is 6.07. The van der Waals surface area contributed by atoms with Gasteiger partial charge in [-0.3, -0.25) is 19.7 Å². The van der Waals surface area contributed by atoms with Gasteiger partial charge in [0.15, 0.2) is 0 Å². The van der Waals surface area contributed by atoms with Crippen molar-refractivity contribution in [3.8, 4) is 5.75 Å². The SMILES string of the molecule is Cl.N[C@H]1CCCC[C@H]1Oc1ccc2c(c1)CN(C1CCC(=O)NC1=O)C2=O. The summed E-state index contributed by atoms with van der Waals surface area (Å²) in [5.41, 5.74) is 7.59. The number of hydrogen-bond acceptors (Lipinski definition) is 5. The average molecular weight is 394 g/mol. The molecule has 3 atom stereocenters. The Morgan fingerprint density at radius 3 is 2.63 bits per heavy atom. The van der Waals surface area contributed by atoms with Crippen molar-refractivity contribution >= 4 is 30.1 Å². The van der Waals surface area contributed by atoms with E-state index in [0.717, 1.165) is 31.2 Å². The van der Waals surface area contributed by atoms with Gasteiger partial charge in [0.1, 0.15) is 17.9 Å². The van der Waals surface area contributed by atoms with E-state index in [1.54, 1.807) is 17.0 Å². The van der Waals surface area contributed by atoms with Crippen LogP contribution in [0.1, 0.15) is 54.4 Å². The van der Waals surface area contributed by atoms with Crippen LogP contribution in [0, 0.1) is 0 Å². The molecule has 0 radical (unpaired) electrons. The van der Waals surface area contributed by atoms with Crippen LogP contribution in [0.4, 0.5) is 0 Å². The van der Waals surface area contributed by atoms with Crippen molar-refractivity contribution in [2.75, 3.05) is 0 Å². The van der Waals surface area contributed by atoms with Gasteiger partial charge in [0.25, 0.3) is 5.91 Å². The molecule has 0 spiro atoms. The predicted molar refractivity (Wildman–Crippen MR) is 101 cm³/mol. The van der Waals surface area contributed by atoms with Crippen molar-refractivity contribution in [2.45, 2.75) is 63.3 Å². The normalized spacial score (nSPS) is 27.7. The Kier molecular flexibility index (Phi) is 5.72. The summed E-state index contributed by atoms with van der Waals surface area (Å²) in [6.45, 7) is 0.356. The van der Waals surface area contributed by atoms with Gasteiger partial charge in [0.05, 0.1) is 0 Å². The van der Waals surface area contributed by atoms with Gasteiger partial charge in [-0.15, -0.1) is 12.4 Å². The number of benzene rings is 1. The molecule has 0 aromatic heterocycles. The molecule has 1 saturated carbocycles. The fourth-order valence-electron chi connectivity index (χ4n) is 4.07. The number of piperidine rings is 1. The van der Waals surface area contributed by atoms with Crippen LogP contribution in [0.3, 0.4) is 0 Å². The predicted octanol–water partition coefficient (Wildman–Crippen LogP) is 1.52. The molecule has 3 amide bonds. The highest BCUT2D eigenvalue weighted by Crippen LogP contribution is 2.31. The molecule has 2 heterocycles. The lowest BCUT2D eigenvalue weighted by Gasteiger charge is -2.29. The first-order valence-electron chi connectivity index (χ1n) is 9.23. The van der Waals surface area contributed by atoms with E-state index in [4.69, 9.17) is 10.5 Å². The molecule has 3 aliphatic rings. The number of amides is 3. The first kappa shape index (κ1) is 19.6. The maximum Gasteiger partial charge on any atom is 0.255 e. The van der Waals surface area contributed by atoms with Crippen LogP contribution in [-0.2, 0) is 16.1 Å². The van der Waals surface area contributed by atoms with Crippen LogP contribution in [0.5, 0.6) is 5.75 Å². The lowest BCUT2D eigenvalue weighted by atomic mass is 9.93. The van der Waals surface area contributed by atoms with Crippen LogP contribution in [0.25, 0.3) is 0 Å². The topological polar surface area (TPSA) is 102 Å². The molecule has 1 unspecified atom stereocenters. The quantitative estimate of drug-likeness (QED) is 0.758. The zero-order valence-electron chi connectivity index (χ0n) is 15.0. The maximum absolute atomic E-state index is 12.7. The number of nitrogens with zero attached hydrogens (tertiary/aromatic N) is 1. The second-order valence-corrected chi connectivity index (χ2v) is 7.32. The molecule has 0 bridgehead atoms. The molecule has 3 N–H and O–H groups in total. The molecule has 1 saturated heterocycles. The third-order valence-corrected chi connectivity index (χ3v) is 5.54. The molecule has 2 aliphatic heterocycles.